The maximum Gasteiger partial charge on any atom is 0.336 e. The van der Waals surface area contributed by atoms with Gasteiger partial charge in [-0.25, -0.2) is 4.79 Å². The molecule has 0 saturated carbocycles. The van der Waals surface area contributed by atoms with Crippen LogP contribution in [0.5, 0.6) is 5.75 Å². The average Bonchev–Trinajstić information content (AvgIpc) is 2.78. The van der Waals surface area contributed by atoms with E-state index in [1.54, 1.807) is 12.1 Å². The number of phenolic OH excluding ortho intramolecular Hbond substituents is 1. The number of nitrogens with zero attached hydrogens (tertiary/aromatic N) is 1. The Balaban J connectivity index is 1.99. The highest BCUT2D eigenvalue weighted by Crippen LogP contribution is 2.28. The fourth-order valence-corrected chi connectivity index (χ4v) is 3.15. The van der Waals surface area contributed by atoms with Crippen LogP contribution in [0.1, 0.15) is 18.9 Å². The number of aliphatic hydroxyl groups excluding tert-OH is 1. The summed E-state index contributed by atoms with van der Waals surface area (Å²) in [5.74, 6) is 0.524. The maximum absolute atomic E-state index is 11.7. The molecule has 1 fully saturated rings. The lowest BCUT2D eigenvalue weighted by Crippen LogP contribution is -2.34. The van der Waals surface area contributed by atoms with E-state index in [9.17, 15) is 15.0 Å². The standard InChI is InChI=1S/C16H19NO4/c1-10-4-5-17(14(10)9-18)8-11-6-16(20)21-15-7-12(19)2-3-13(11)15/h2-3,6-7,10,14,18-19H,4-5,8-9H2,1H3. The third-order valence-electron chi connectivity index (χ3n) is 4.37. The minimum atomic E-state index is -0.420. The van der Waals surface area contributed by atoms with Gasteiger partial charge in [-0.3, -0.25) is 4.90 Å². The van der Waals surface area contributed by atoms with Crippen LogP contribution in [-0.2, 0) is 6.54 Å². The van der Waals surface area contributed by atoms with E-state index in [-0.39, 0.29) is 18.4 Å². The molecule has 0 spiro atoms. The molecule has 2 atom stereocenters. The first-order valence-electron chi connectivity index (χ1n) is 7.19. The summed E-state index contributed by atoms with van der Waals surface area (Å²) in [7, 11) is 0. The van der Waals surface area contributed by atoms with Gasteiger partial charge in [0.25, 0.3) is 0 Å². The van der Waals surface area contributed by atoms with Crippen molar-refractivity contribution in [2.75, 3.05) is 13.2 Å². The fraction of sp³-hybridized carbons (Fsp3) is 0.438. The van der Waals surface area contributed by atoms with E-state index in [2.05, 4.69) is 11.8 Å². The largest absolute Gasteiger partial charge is 0.508 e. The zero-order valence-corrected chi connectivity index (χ0v) is 12.0. The molecule has 0 amide bonds. The number of fused-ring (bicyclic) bond motifs is 1. The van der Waals surface area contributed by atoms with Crippen LogP contribution in [0.15, 0.2) is 33.5 Å². The first-order valence-corrected chi connectivity index (χ1v) is 7.19. The van der Waals surface area contributed by atoms with E-state index in [1.807, 2.05) is 0 Å². The van der Waals surface area contributed by atoms with Gasteiger partial charge in [-0.05, 0) is 36.6 Å². The molecule has 2 heterocycles. The molecule has 3 rings (SSSR count). The number of rotatable bonds is 3. The summed E-state index contributed by atoms with van der Waals surface area (Å²) in [5, 5.41) is 19.9. The quantitative estimate of drug-likeness (QED) is 0.841. The Hall–Kier alpha value is -1.85. The lowest BCUT2D eigenvalue weighted by atomic mass is 10.0. The van der Waals surface area contributed by atoms with Crippen LogP contribution in [0.2, 0.25) is 0 Å². The molecule has 1 aromatic heterocycles. The molecular formula is C16H19NO4. The van der Waals surface area contributed by atoms with Crippen molar-refractivity contribution in [3.05, 3.63) is 40.2 Å². The number of hydrogen-bond acceptors (Lipinski definition) is 5. The van der Waals surface area contributed by atoms with Gasteiger partial charge in [0.15, 0.2) is 0 Å². The Bertz CT molecular complexity index is 709. The molecule has 2 unspecified atom stereocenters. The van der Waals surface area contributed by atoms with E-state index in [4.69, 9.17) is 4.42 Å². The van der Waals surface area contributed by atoms with Crippen molar-refractivity contribution in [3.63, 3.8) is 0 Å². The minimum Gasteiger partial charge on any atom is -0.508 e. The Kier molecular flexibility index (Phi) is 3.69. The van der Waals surface area contributed by atoms with Crippen molar-refractivity contribution >= 4 is 11.0 Å². The van der Waals surface area contributed by atoms with Gasteiger partial charge in [-0.2, -0.15) is 0 Å². The molecule has 0 radical (unpaired) electrons. The van der Waals surface area contributed by atoms with Gasteiger partial charge in [0.05, 0.1) is 6.61 Å². The van der Waals surface area contributed by atoms with Crippen molar-refractivity contribution in [1.82, 2.24) is 4.90 Å². The maximum atomic E-state index is 11.7. The van der Waals surface area contributed by atoms with Gasteiger partial charge in [-0.15, -0.1) is 0 Å². The Morgan fingerprint density at radius 3 is 2.95 bits per heavy atom. The first-order chi connectivity index (χ1) is 10.1. The lowest BCUT2D eigenvalue weighted by Gasteiger charge is -2.25. The van der Waals surface area contributed by atoms with Crippen LogP contribution in [0.3, 0.4) is 0 Å². The van der Waals surface area contributed by atoms with E-state index >= 15 is 0 Å². The molecule has 0 bridgehead atoms. The van der Waals surface area contributed by atoms with Gasteiger partial charge in [0, 0.05) is 30.1 Å². The van der Waals surface area contributed by atoms with Gasteiger partial charge in [0.1, 0.15) is 11.3 Å². The number of aliphatic hydroxyl groups is 1. The van der Waals surface area contributed by atoms with Crippen LogP contribution in [0.4, 0.5) is 0 Å². The Morgan fingerprint density at radius 2 is 2.19 bits per heavy atom. The molecule has 112 valence electrons. The van der Waals surface area contributed by atoms with Crippen LogP contribution >= 0.6 is 0 Å². The monoisotopic (exact) mass is 289 g/mol. The summed E-state index contributed by atoms with van der Waals surface area (Å²) in [6.07, 6.45) is 1.05. The highest BCUT2D eigenvalue weighted by atomic mass is 16.4. The lowest BCUT2D eigenvalue weighted by molar-refractivity contribution is 0.134. The number of phenols is 1. The first kappa shape index (κ1) is 14.1. The Morgan fingerprint density at radius 1 is 1.38 bits per heavy atom. The van der Waals surface area contributed by atoms with E-state index < -0.39 is 5.63 Å². The van der Waals surface area contributed by atoms with E-state index in [0.29, 0.717) is 18.0 Å². The molecule has 1 saturated heterocycles. The SMILES string of the molecule is CC1CCN(Cc2cc(=O)oc3cc(O)ccc23)C1CO. The highest BCUT2D eigenvalue weighted by molar-refractivity contribution is 5.81. The third-order valence-corrected chi connectivity index (χ3v) is 4.37. The van der Waals surface area contributed by atoms with Crippen LogP contribution in [0.25, 0.3) is 11.0 Å². The summed E-state index contributed by atoms with van der Waals surface area (Å²) in [5.41, 5.74) is 0.843. The Labute approximate surface area is 122 Å². The molecular weight excluding hydrogens is 270 g/mol. The number of hydrogen-bond donors (Lipinski definition) is 2. The van der Waals surface area contributed by atoms with Gasteiger partial charge in [0.2, 0.25) is 0 Å². The van der Waals surface area contributed by atoms with Crippen LogP contribution < -0.4 is 5.63 Å². The highest BCUT2D eigenvalue weighted by Gasteiger charge is 2.30. The summed E-state index contributed by atoms with van der Waals surface area (Å²) in [6, 6.07) is 6.43. The third kappa shape index (κ3) is 2.66. The molecule has 1 aliphatic rings. The second kappa shape index (κ2) is 5.50. The van der Waals surface area contributed by atoms with Crippen molar-refractivity contribution in [1.29, 1.82) is 0 Å². The molecule has 1 aromatic carbocycles. The zero-order chi connectivity index (χ0) is 15.0. The van der Waals surface area contributed by atoms with Crippen molar-refractivity contribution in [2.24, 2.45) is 5.92 Å². The molecule has 0 aliphatic carbocycles. The number of aromatic hydroxyl groups is 1. The van der Waals surface area contributed by atoms with Gasteiger partial charge >= 0.3 is 5.63 Å². The summed E-state index contributed by atoms with van der Waals surface area (Å²) in [4.78, 5) is 13.9. The van der Waals surface area contributed by atoms with Crippen molar-refractivity contribution < 1.29 is 14.6 Å². The number of benzene rings is 1. The van der Waals surface area contributed by atoms with Crippen LogP contribution in [0, 0.1) is 5.92 Å². The normalized spacial score (nSPS) is 23.0. The predicted octanol–water partition coefficient (Wildman–Crippen LogP) is 1.70. The topological polar surface area (TPSA) is 73.9 Å². The fourth-order valence-electron chi connectivity index (χ4n) is 3.15. The smallest absolute Gasteiger partial charge is 0.336 e. The second-order valence-electron chi connectivity index (χ2n) is 5.76. The predicted molar refractivity (Wildman–Crippen MR) is 79.2 cm³/mol. The molecule has 2 aromatic rings. The molecule has 5 heteroatoms. The van der Waals surface area contributed by atoms with Crippen molar-refractivity contribution in [3.8, 4) is 5.75 Å². The van der Waals surface area contributed by atoms with Gasteiger partial charge in [-0.1, -0.05) is 6.92 Å². The summed E-state index contributed by atoms with van der Waals surface area (Å²) < 4.78 is 5.14. The van der Waals surface area contributed by atoms with Gasteiger partial charge < -0.3 is 14.6 Å². The molecule has 1 aliphatic heterocycles. The summed E-state index contributed by atoms with van der Waals surface area (Å²) >= 11 is 0. The van der Waals surface area contributed by atoms with E-state index in [1.165, 1.54) is 12.1 Å². The summed E-state index contributed by atoms with van der Waals surface area (Å²) in [6.45, 7) is 3.77. The molecule has 5 nitrogen and oxygen atoms in total. The second-order valence-corrected chi connectivity index (χ2v) is 5.76. The van der Waals surface area contributed by atoms with Crippen LogP contribution in [-0.4, -0.2) is 34.3 Å². The zero-order valence-electron chi connectivity index (χ0n) is 12.0. The minimum absolute atomic E-state index is 0.0748. The number of likely N-dealkylation sites (tertiary alicyclic amines) is 1. The molecule has 2 N–H and O–H groups in total. The van der Waals surface area contributed by atoms with Crippen molar-refractivity contribution in [2.45, 2.75) is 25.9 Å². The average molecular weight is 289 g/mol. The molecule has 21 heavy (non-hydrogen) atoms. The van der Waals surface area contributed by atoms with E-state index in [0.717, 1.165) is 23.9 Å².